The Balaban J connectivity index is 0.000000441. The van der Waals surface area contributed by atoms with E-state index in [-0.39, 0.29) is 19.3 Å². The molecular formula is C69H120N4O9Si. The van der Waals surface area contributed by atoms with Gasteiger partial charge in [-0.1, -0.05) is 150 Å². The summed E-state index contributed by atoms with van der Waals surface area (Å²) in [5.41, 5.74) is 4.45. The van der Waals surface area contributed by atoms with Crippen LogP contribution in [-0.2, 0) is 23.4 Å². The molecule has 2 aliphatic heterocycles. The van der Waals surface area contributed by atoms with Crippen LogP contribution in [0.4, 0.5) is 32.3 Å². The summed E-state index contributed by atoms with van der Waals surface area (Å²) in [5, 5.41) is 5.37. The average Bonchev–Trinajstić information content (AvgIpc) is 4.18. The van der Waals surface area contributed by atoms with E-state index in [1.807, 2.05) is 26.0 Å². The van der Waals surface area contributed by atoms with Crippen LogP contribution in [0.15, 0.2) is 66.7 Å². The van der Waals surface area contributed by atoms with Crippen molar-refractivity contribution in [1.82, 2.24) is 0 Å². The van der Waals surface area contributed by atoms with E-state index >= 15 is 0 Å². The fourth-order valence-electron chi connectivity index (χ4n) is 9.81. The SMILES string of the molecule is CCCCCCCCCCCCC(COc1ccc(N2CCCC2)cc1)O[SiH](C)C.CCCCCOC.CCCCCOCCCCC.CCCCOC(=O)Nc1ccc(C)c(NC(=O)OCCOc2ccc(N3CCCCC3C)cc2)c1. The largest absolute Gasteiger partial charge is 0.491 e. The van der Waals surface area contributed by atoms with Gasteiger partial charge >= 0.3 is 12.2 Å². The highest BCUT2D eigenvalue weighted by Crippen LogP contribution is 2.28. The Bertz CT molecular complexity index is 1980. The minimum absolute atomic E-state index is 0.109. The second kappa shape index (κ2) is 50.8. The Morgan fingerprint density at radius 1 is 0.554 bits per heavy atom. The number of benzene rings is 3. The monoisotopic (exact) mass is 1180 g/mol. The van der Waals surface area contributed by atoms with E-state index < -0.39 is 21.2 Å². The molecule has 474 valence electrons. The van der Waals surface area contributed by atoms with Crippen molar-refractivity contribution in [3.8, 4) is 11.5 Å². The first-order valence-electron chi connectivity index (χ1n) is 33.2. The third-order valence-corrected chi connectivity index (χ3v) is 15.8. The Morgan fingerprint density at radius 3 is 1.65 bits per heavy atom. The van der Waals surface area contributed by atoms with Crippen molar-refractivity contribution < 1.29 is 42.4 Å². The summed E-state index contributed by atoms with van der Waals surface area (Å²) < 4.78 is 38.7. The Labute approximate surface area is 508 Å². The summed E-state index contributed by atoms with van der Waals surface area (Å²) in [4.78, 5) is 29.0. The number of hydrogen-bond acceptors (Lipinski definition) is 11. The third kappa shape index (κ3) is 38.2. The van der Waals surface area contributed by atoms with Crippen molar-refractivity contribution in [2.24, 2.45) is 0 Å². The summed E-state index contributed by atoms with van der Waals surface area (Å²) in [6.45, 7) is 27.3. The molecule has 2 amide bonds. The van der Waals surface area contributed by atoms with E-state index in [4.69, 9.17) is 32.8 Å². The van der Waals surface area contributed by atoms with Gasteiger partial charge in [0.15, 0.2) is 9.04 Å². The van der Waals surface area contributed by atoms with Crippen LogP contribution in [0.1, 0.15) is 220 Å². The van der Waals surface area contributed by atoms with Gasteiger partial charge in [0.1, 0.15) is 31.3 Å². The summed E-state index contributed by atoms with van der Waals surface area (Å²) >= 11 is 0. The molecule has 2 saturated heterocycles. The van der Waals surface area contributed by atoms with E-state index in [1.165, 1.54) is 179 Å². The molecule has 2 heterocycles. The van der Waals surface area contributed by atoms with Crippen LogP contribution in [0, 0.1) is 6.92 Å². The highest BCUT2D eigenvalue weighted by atomic mass is 28.3. The van der Waals surface area contributed by atoms with Crippen molar-refractivity contribution in [3.05, 3.63) is 72.3 Å². The quantitative estimate of drug-likeness (QED) is 0.0418. The van der Waals surface area contributed by atoms with E-state index in [9.17, 15) is 9.59 Å². The topological polar surface area (TPSA) is 129 Å². The second-order valence-corrected chi connectivity index (χ2v) is 25.2. The van der Waals surface area contributed by atoms with Crippen molar-refractivity contribution in [2.75, 3.05) is 93.4 Å². The fourth-order valence-corrected chi connectivity index (χ4v) is 10.8. The predicted octanol–water partition coefficient (Wildman–Crippen LogP) is 18.9. The molecule has 14 heteroatoms. The van der Waals surface area contributed by atoms with Crippen LogP contribution >= 0.6 is 0 Å². The molecule has 5 rings (SSSR count). The molecule has 0 bridgehead atoms. The normalized spacial score (nSPS) is 14.1. The number of unbranched alkanes of at least 4 members (excludes halogenated alkanes) is 16. The van der Waals surface area contributed by atoms with E-state index in [0.717, 1.165) is 62.7 Å². The van der Waals surface area contributed by atoms with Gasteiger partial charge in [-0.15, -0.1) is 0 Å². The smallest absolute Gasteiger partial charge is 0.411 e. The Hall–Kier alpha value is -4.50. The van der Waals surface area contributed by atoms with Crippen molar-refractivity contribution >= 4 is 44.0 Å². The predicted molar refractivity (Wildman–Crippen MR) is 353 cm³/mol. The molecule has 83 heavy (non-hydrogen) atoms. The molecule has 2 aliphatic rings. The summed E-state index contributed by atoms with van der Waals surface area (Å²) in [5.74, 6) is 1.71. The van der Waals surface area contributed by atoms with Crippen LogP contribution in [-0.4, -0.2) is 106 Å². The van der Waals surface area contributed by atoms with Gasteiger partial charge in [-0.25, -0.2) is 9.59 Å². The van der Waals surface area contributed by atoms with Gasteiger partial charge in [-0.2, -0.15) is 0 Å². The highest BCUT2D eigenvalue weighted by Gasteiger charge is 2.19. The minimum Gasteiger partial charge on any atom is -0.491 e. The fraction of sp³-hybridized carbons (Fsp3) is 0.710. The van der Waals surface area contributed by atoms with Crippen molar-refractivity contribution in [2.45, 2.75) is 247 Å². The molecule has 0 aliphatic carbocycles. The first kappa shape index (κ1) is 74.6. The van der Waals surface area contributed by atoms with Crippen LogP contribution < -0.4 is 29.9 Å². The molecule has 0 aromatic heterocycles. The van der Waals surface area contributed by atoms with Gasteiger partial charge < -0.3 is 42.6 Å². The number of ether oxygens (including phenoxy) is 6. The number of nitrogens with one attached hydrogen (secondary N) is 2. The number of aryl methyl sites for hydroxylation is 1. The number of hydrogen-bond donors (Lipinski definition) is 2. The van der Waals surface area contributed by atoms with Crippen molar-refractivity contribution in [1.29, 1.82) is 0 Å². The van der Waals surface area contributed by atoms with Crippen LogP contribution in [0.2, 0.25) is 13.1 Å². The van der Waals surface area contributed by atoms with Gasteiger partial charge in [0.2, 0.25) is 0 Å². The lowest BCUT2D eigenvalue weighted by atomic mass is 10.0. The molecule has 3 aromatic carbocycles. The number of nitrogens with zero attached hydrogens (tertiary/aromatic N) is 2. The number of methoxy groups -OCH3 is 1. The summed E-state index contributed by atoms with van der Waals surface area (Å²) in [6.07, 6.45) is 33.7. The number of carbonyl (C=O) groups excluding carboxylic acids is 2. The maximum absolute atomic E-state index is 12.2. The number of anilines is 4. The third-order valence-electron chi connectivity index (χ3n) is 14.8. The number of amides is 2. The van der Waals surface area contributed by atoms with Crippen LogP contribution in [0.5, 0.6) is 11.5 Å². The first-order valence-corrected chi connectivity index (χ1v) is 35.9. The molecule has 2 unspecified atom stereocenters. The number of carbonyl (C=O) groups is 2. The van der Waals surface area contributed by atoms with Crippen molar-refractivity contribution in [3.63, 3.8) is 0 Å². The first-order chi connectivity index (χ1) is 40.5. The maximum atomic E-state index is 12.2. The molecular weight excluding hydrogens is 1060 g/mol. The lowest BCUT2D eigenvalue weighted by Gasteiger charge is -2.35. The van der Waals surface area contributed by atoms with Gasteiger partial charge in [-0.3, -0.25) is 10.6 Å². The Morgan fingerprint density at radius 2 is 1.07 bits per heavy atom. The zero-order chi connectivity index (χ0) is 60.4. The summed E-state index contributed by atoms with van der Waals surface area (Å²) in [7, 11) is 0.697. The second-order valence-electron chi connectivity index (χ2n) is 22.8. The van der Waals surface area contributed by atoms with E-state index in [0.29, 0.717) is 30.6 Å². The van der Waals surface area contributed by atoms with Gasteiger partial charge in [0, 0.05) is 75.4 Å². The molecule has 0 radical (unpaired) electrons. The molecule has 3 aromatic rings. The number of piperidine rings is 1. The van der Waals surface area contributed by atoms with E-state index in [2.05, 4.69) is 105 Å². The standard InChI is InChI=1S/C27H37N3O5.C26H47NO2Si.C10H22O.C6H14O/c1-4-5-16-34-26(31)28-22-10-9-20(2)25(19-22)29-27(32)35-18-17-33-24-13-11-23(12-14-24)30-15-7-6-8-21(30)3;1-4-5-6-7-8-9-10-11-12-13-16-26(29-30(2)3)23-28-25-19-17-24(18-20-25)27-21-14-15-22-27;1-3-5-7-9-11-10-8-6-4-2;1-3-4-5-6-7-2/h9-14,19,21H,4-8,15-18H2,1-3H3,(H,28,31)(H,29,32);17-20,26,30H,4-16,21-23H2,1-3H3;3-10H2,1-2H3;3-6H2,1-2H3. The molecule has 0 spiro atoms. The number of rotatable bonds is 39. The van der Waals surface area contributed by atoms with Gasteiger partial charge in [0.05, 0.1) is 12.7 Å². The zero-order valence-corrected chi connectivity index (χ0v) is 55.5. The summed E-state index contributed by atoms with van der Waals surface area (Å²) in [6, 6.07) is 22.5. The highest BCUT2D eigenvalue weighted by molar-refractivity contribution is 6.48. The maximum Gasteiger partial charge on any atom is 0.411 e. The lowest BCUT2D eigenvalue weighted by Crippen LogP contribution is -2.37. The molecule has 2 fully saturated rings. The van der Waals surface area contributed by atoms with Crippen LogP contribution in [0.3, 0.4) is 0 Å². The minimum atomic E-state index is -1.05. The molecule has 13 nitrogen and oxygen atoms in total. The van der Waals surface area contributed by atoms with E-state index in [1.54, 1.807) is 25.3 Å². The molecule has 2 atom stereocenters. The average molecular weight is 1180 g/mol. The van der Waals surface area contributed by atoms with Crippen LogP contribution in [0.25, 0.3) is 0 Å². The molecule has 2 N–H and O–H groups in total. The zero-order valence-electron chi connectivity index (χ0n) is 54.3. The van der Waals surface area contributed by atoms with Gasteiger partial charge in [-0.05, 0) is 157 Å². The molecule has 0 saturated carbocycles. The Kier molecular flexibility index (Phi) is 45.6. The lowest BCUT2D eigenvalue weighted by molar-refractivity contribution is 0.119. The van der Waals surface area contributed by atoms with Gasteiger partial charge in [0.25, 0.3) is 0 Å².